The van der Waals surface area contributed by atoms with E-state index in [4.69, 9.17) is 4.74 Å². The molecular formula is C30H36N2O3. The van der Waals surface area contributed by atoms with Gasteiger partial charge in [-0.2, -0.15) is 0 Å². The van der Waals surface area contributed by atoms with Crippen LogP contribution in [-0.4, -0.2) is 49.9 Å². The van der Waals surface area contributed by atoms with Gasteiger partial charge in [0.25, 0.3) is 0 Å². The van der Waals surface area contributed by atoms with E-state index < -0.39 is 5.97 Å². The predicted molar refractivity (Wildman–Crippen MR) is 140 cm³/mol. The molecule has 0 saturated carbocycles. The SMILES string of the molecule is CN(C)c1ccc(/C=C/C(=O)C2=CC3=CC4=C5C(C3OC2=O)C(C)(C)CCN5CCC4(C)C)cc1. The van der Waals surface area contributed by atoms with Gasteiger partial charge in [0.05, 0.1) is 0 Å². The van der Waals surface area contributed by atoms with Gasteiger partial charge < -0.3 is 14.5 Å². The summed E-state index contributed by atoms with van der Waals surface area (Å²) >= 11 is 0. The van der Waals surface area contributed by atoms with Crippen molar-refractivity contribution in [3.63, 3.8) is 0 Å². The summed E-state index contributed by atoms with van der Waals surface area (Å²) in [6.07, 6.45) is 9.04. The van der Waals surface area contributed by atoms with E-state index >= 15 is 0 Å². The molecule has 1 aromatic carbocycles. The lowest BCUT2D eigenvalue weighted by atomic mass is 9.60. The van der Waals surface area contributed by atoms with Crippen molar-refractivity contribution >= 4 is 23.5 Å². The van der Waals surface area contributed by atoms with E-state index in [2.05, 4.69) is 38.7 Å². The van der Waals surface area contributed by atoms with Crippen molar-refractivity contribution < 1.29 is 14.3 Å². The van der Waals surface area contributed by atoms with Crippen LogP contribution in [0.5, 0.6) is 0 Å². The van der Waals surface area contributed by atoms with Crippen LogP contribution in [0.25, 0.3) is 6.08 Å². The highest BCUT2D eigenvalue weighted by Crippen LogP contribution is 2.55. The van der Waals surface area contributed by atoms with Crippen molar-refractivity contribution in [1.82, 2.24) is 4.90 Å². The van der Waals surface area contributed by atoms with Gasteiger partial charge in [0.2, 0.25) is 0 Å². The van der Waals surface area contributed by atoms with Gasteiger partial charge >= 0.3 is 5.97 Å². The van der Waals surface area contributed by atoms with Crippen molar-refractivity contribution in [2.24, 2.45) is 16.7 Å². The van der Waals surface area contributed by atoms with Crippen LogP contribution in [-0.2, 0) is 14.3 Å². The number of ether oxygens (including phenoxy) is 1. The van der Waals surface area contributed by atoms with Gasteiger partial charge in [0.15, 0.2) is 5.78 Å². The third-order valence-corrected chi connectivity index (χ3v) is 8.32. The molecule has 3 aliphatic heterocycles. The van der Waals surface area contributed by atoms with Gasteiger partial charge in [-0.25, -0.2) is 4.79 Å². The highest BCUT2D eigenvalue weighted by Gasteiger charge is 2.53. The summed E-state index contributed by atoms with van der Waals surface area (Å²) in [6.45, 7) is 11.3. The summed E-state index contributed by atoms with van der Waals surface area (Å²) in [5, 5.41) is 0. The van der Waals surface area contributed by atoms with Crippen LogP contribution in [0.15, 0.2) is 64.9 Å². The second kappa shape index (κ2) is 8.25. The molecule has 0 bridgehead atoms. The molecule has 184 valence electrons. The summed E-state index contributed by atoms with van der Waals surface area (Å²) in [7, 11) is 3.98. The maximum atomic E-state index is 13.1. The third kappa shape index (κ3) is 4.05. The number of esters is 1. The molecule has 1 saturated heterocycles. The normalized spacial score (nSPS) is 26.5. The molecule has 35 heavy (non-hydrogen) atoms. The number of piperidine rings is 1. The number of rotatable bonds is 4. The maximum Gasteiger partial charge on any atom is 0.342 e. The topological polar surface area (TPSA) is 49.9 Å². The first-order valence-electron chi connectivity index (χ1n) is 12.6. The standard InChI is InChI=1S/C30H36N2O3/c1-29(2)13-15-32-16-14-30(3,4)25-26(32)23(29)18-20-17-22(28(34)35-27(20)25)24(33)12-9-19-7-10-21(11-8-19)31(5)6/h7-12,17-18,25,27H,13-16H2,1-6H3/b12-9+. The molecule has 0 spiro atoms. The van der Waals surface area contributed by atoms with Crippen LogP contribution >= 0.6 is 0 Å². The van der Waals surface area contributed by atoms with E-state index in [1.165, 1.54) is 17.3 Å². The molecule has 5 heteroatoms. The molecule has 4 aliphatic rings. The Kier molecular flexibility index (Phi) is 5.58. The summed E-state index contributed by atoms with van der Waals surface area (Å²) in [4.78, 5) is 30.7. The van der Waals surface area contributed by atoms with Crippen molar-refractivity contribution in [1.29, 1.82) is 0 Å². The summed E-state index contributed by atoms with van der Waals surface area (Å²) in [5.41, 5.74) is 5.80. The van der Waals surface area contributed by atoms with E-state index in [-0.39, 0.29) is 34.2 Å². The summed E-state index contributed by atoms with van der Waals surface area (Å²) in [5.74, 6) is -0.733. The molecule has 0 N–H and O–H groups in total. The fourth-order valence-corrected chi connectivity index (χ4v) is 5.98. The van der Waals surface area contributed by atoms with Crippen molar-refractivity contribution in [2.45, 2.75) is 46.6 Å². The lowest BCUT2D eigenvalue weighted by molar-refractivity contribution is -0.149. The quantitative estimate of drug-likeness (QED) is 0.344. The average molecular weight is 473 g/mol. The number of allylic oxidation sites excluding steroid dienone is 3. The smallest absolute Gasteiger partial charge is 0.342 e. The van der Waals surface area contributed by atoms with E-state index in [0.29, 0.717) is 0 Å². The van der Waals surface area contributed by atoms with E-state index in [9.17, 15) is 9.59 Å². The lowest BCUT2D eigenvalue weighted by Gasteiger charge is -2.56. The second-order valence-electron chi connectivity index (χ2n) is 11.8. The van der Waals surface area contributed by atoms with Gasteiger partial charge in [0.1, 0.15) is 11.7 Å². The van der Waals surface area contributed by atoms with Crippen molar-refractivity contribution in [3.8, 4) is 0 Å². The van der Waals surface area contributed by atoms with Gasteiger partial charge in [-0.1, -0.05) is 45.9 Å². The maximum absolute atomic E-state index is 13.1. The molecule has 0 radical (unpaired) electrons. The van der Waals surface area contributed by atoms with Crippen LogP contribution < -0.4 is 4.90 Å². The minimum absolute atomic E-state index is 0.00291. The number of nitrogens with zero attached hydrogens (tertiary/aromatic N) is 2. The zero-order valence-electron chi connectivity index (χ0n) is 21.7. The summed E-state index contributed by atoms with van der Waals surface area (Å²) in [6, 6.07) is 7.93. The lowest BCUT2D eigenvalue weighted by Crippen LogP contribution is -2.55. The van der Waals surface area contributed by atoms with Gasteiger partial charge in [-0.15, -0.1) is 0 Å². The van der Waals surface area contributed by atoms with E-state index in [1.807, 2.05) is 43.3 Å². The van der Waals surface area contributed by atoms with Crippen LogP contribution in [0, 0.1) is 16.7 Å². The van der Waals surface area contributed by atoms with Gasteiger partial charge in [-0.3, -0.25) is 4.79 Å². The molecular weight excluding hydrogens is 436 g/mol. The average Bonchev–Trinajstić information content (AvgIpc) is 2.80. The zero-order valence-corrected chi connectivity index (χ0v) is 21.7. The molecule has 0 amide bonds. The first kappa shape index (κ1) is 23.7. The number of hydrogen-bond acceptors (Lipinski definition) is 5. The molecule has 1 aromatic rings. The molecule has 0 aromatic heterocycles. The number of fused-ring (bicyclic) bond motifs is 2. The monoisotopic (exact) mass is 472 g/mol. The van der Waals surface area contributed by atoms with Crippen LogP contribution in [0.4, 0.5) is 5.69 Å². The highest BCUT2D eigenvalue weighted by molar-refractivity contribution is 6.23. The van der Waals surface area contributed by atoms with Crippen LogP contribution in [0.2, 0.25) is 0 Å². The Morgan fingerprint density at radius 3 is 2.43 bits per heavy atom. The molecule has 5 nitrogen and oxygen atoms in total. The predicted octanol–water partition coefficient (Wildman–Crippen LogP) is 5.16. The molecule has 3 heterocycles. The van der Waals surface area contributed by atoms with E-state index in [0.717, 1.165) is 42.8 Å². The minimum Gasteiger partial charge on any atom is -0.453 e. The number of carbonyl (C=O) groups excluding carboxylic acids is 2. The fraction of sp³-hybridized carbons (Fsp3) is 0.467. The Morgan fingerprint density at radius 1 is 1.06 bits per heavy atom. The first-order valence-corrected chi connectivity index (χ1v) is 12.6. The Labute approximate surface area is 208 Å². The zero-order chi connectivity index (χ0) is 25.1. The van der Waals surface area contributed by atoms with Crippen LogP contribution in [0.3, 0.4) is 0 Å². The third-order valence-electron chi connectivity index (χ3n) is 8.32. The van der Waals surface area contributed by atoms with E-state index in [1.54, 1.807) is 12.2 Å². The largest absolute Gasteiger partial charge is 0.453 e. The van der Waals surface area contributed by atoms with Crippen molar-refractivity contribution in [2.75, 3.05) is 32.1 Å². The number of hydrogen-bond donors (Lipinski definition) is 0. The Hall–Kier alpha value is -3.08. The molecule has 2 unspecified atom stereocenters. The fourth-order valence-electron chi connectivity index (χ4n) is 5.98. The first-order chi connectivity index (χ1) is 16.5. The Bertz CT molecular complexity index is 1190. The van der Waals surface area contributed by atoms with Gasteiger partial charge in [-0.05, 0) is 70.7 Å². The Morgan fingerprint density at radius 2 is 1.74 bits per heavy atom. The molecule has 1 aliphatic carbocycles. The number of carbonyl (C=O) groups is 2. The number of anilines is 1. The van der Waals surface area contributed by atoms with Crippen LogP contribution in [0.1, 0.15) is 46.1 Å². The molecule has 5 rings (SSSR count). The highest BCUT2D eigenvalue weighted by atomic mass is 16.5. The molecule has 2 atom stereocenters. The minimum atomic E-state index is -0.517. The second-order valence-corrected chi connectivity index (χ2v) is 11.8. The Balaban J connectivity index is 1.49. The summed E-state index contributed by atoms with van der Waals surface area (Å²) < 4.78 is 6.06. The molecule has 1 fully saturated rings. The van der Waals surface area contributed by atoms with Gasteiger partial charge in [0, 0.05) is 44.5 Å². The number of ketones is 1. The van der Waals surface area contributed by atoms with Crippen molar-refractivity contribution in [3.05, 3.63) is 70.5 Å². The number of benzene rings is 1.